The van der Waals surface area contributed by atoms with Crippen molar-refractivity contribution >= 4 is 5.82 Å². The van der Waals surface area contributed by atoms with Crippen LogP contribution in [0.5, 0.6) is 0 Å². The van der Waals surface area contributed by atoms with Gasteiger partial charge in [0, 0.05) is 25.3 Å². The van der Waals surface area contributed by atoms with Crippen molar-refractivity contribution < 1.29 is 0 Å². The van der Waals surface area contributed by atoms with Gasteiger partial charge < -0.3 is 10.6 Å². The van der Waals surface area contributed by atoms with E-state index in [1.807, 2.05) is 19.2 Å². The number of nitrogens with zero attached hydrogens (tertiary/aromatic N) is 2. The Bertz CT molecular complexity index is 358. The number of rotatable bonds is 2. The third-order valence-corrected chi connectivity index (χ3v) is 2.68. The maximum Gasteiger partial charge on any atom is 0.129 e. The maximum atomic E-state index is 5.85. The van der Waals surface area contributed by atoms with Gasteiger partial charge in [-0.1, -0.05) is 12.2 Å². The molecule has 1 atom stereocenters. The van der Waals surface area contributed by atoms with Crippen LogP contribution in [0.1, 0.15) is 24.9 Å². The van der Waals surface area contributed by atoms with Gasteiger partial charge in [-0.05, 0) is 31.0 Å². The first-order valence-electron chi connectivity index (χ1n) is 5.39. The van der Waals surface area contributed by atoms with Gasteiger partial charge >= 0.3 is 0 Å². The van der Waals surface area contributed by atoms with E-state index in [0.717, 1.165) is 30.9 Å². The molecule has 1 aromatic rings. The molecule has 15 heavy (non-hydrogen) atoms. The van der Waals surface area contributed by atoms with E-state index in [2.05, 4.69) is 28.1 Å². The SMILES string of the molecule is CC(N)c1ccnc(N2CC=CCC2)c1. The summed E-state index contributed by atoms with van der Waals surface area (Å²) in [6.07, 6.45) is 7.34. The molecule has 2 heterocycles. The zero-order chi connectivity index (χ0) is 10.7. The van der Waals surface area contributed by atoms with Gasteiger partial charge in [0.05, 0.1) is 0 Å². The predicted octanol–water partition coefficient (Wildman–Crippen LogP) is 1.87. The minimum Gasteiger partial charge on any atom is -0.353 e. The third-order valence-electron chi connectivity index (χ3n) is 2.68. The van der Waals surface area contributed by atoms with E-state index in [1.54, 1.807) is 0 Å². The van der Waals surface area contributed by atoms with Gasteiger partial charge in [-0.25, -0.2) is 4.98 Å². The molecule has 0 spiro atoms. The zero-order valence-corrected chi connectivity index (χ0v) is 9.06. The first-order chi connectivity index (χ1) is 7.27. The number of anilines is 1. The van der Waals surface area contributed by atoms with Gasteiger partial charge in [0.1, 0.15) is 5.82 Å². The van der Waals surface area contributed by atoms with Crippen molar-refractivity contribution in [1.82, 2.24) is 4.98 Å². The molecule has 2 N–H and O–H groups in total. The van der Waals surface area contributed by atoms with Gasteiger partial charge in [0.15, 0.2) is 0 Å². The summed E-state index contributed by atoms with van der Waals surface area (Å²) in [7, 11) is 0. The number of hydrogen-bond donors (Lipinski definition) is 1. The lowest BCUT2D eigenvalue weighted by molar-refractivity contribution is 0.787. The monoisotopic (exact) mass is 203 g/mol. The molecule has 0 saturated heterocycles. The summed E-state index contributed by atoms with van der Waals surface area (Å²) >= 11 is 0. The van der Waals surface area contributed by atoms with E-state index in [1.165, 1.54) is 0 Å². The molecule has 0 radical (unpaired) electrons. The summed E-state index contributed by atoms with van der Waals surface area (Å²) in [5.41, 5.74) is 7.00. The topological polar surface area (TPSA) is 42.1 Å². The molecular weight excluding hydrogens is 186 g/mol. The molecule has 3 heteroatoms. The van der Waals surface area contributed by atoms with Crippen molar-refractivity contribution in [3.05, 3.63) is 36.0 Å². The molecule has 0 saturated carbocycles. The summed E-state index contributed by atoms with van der Waals surface area (Å²) in [5.74, 6) is 1.04. The van der Waals surface area contributed by atoms with Crippen LogP contribution in [0.3, 0.4) is 0 Å². The summed E-state index contributed by atoms with van der Waals surface area (Å²) in [6.45, 7) is 4.00. The minimum atomic E-state index is 0.0760. The second-order valence-electron chi connectivity index (χ2n) is 3.94. The van der Waals surface area contributed by atoms with Crippen molar-refractivity contribution in [2.75, 3.05) is 18.0 Å². The second-order valence-corrected chi connectivity index (χ2v) is 3.94. The Labute approximate surface area is 90.6 Å². The molecule has 0 fully saturated rings. The molecule has 0 bridgehead atoms. The largest absolute Gasteiger partial charge is 0.353 e. The third kappa shape index (κ3) is 2.36. The smallest absolute Gasteiger partial charge is 0.129 e. The van der Waals surface area contributed by atoms with Gasteiger partial charge in [-0.2, -0.15) is 0 Å². The standard InChI is InChI=1S/C12H17N3/c1-10(13)11-5-6-14-12(9-11)15-7-3-2-4-8-15/h2-3,5-6,9-10H,4,7-8,13H2,1H3. The van der Waals surface area contributed by atoms with Crippen LogP contribution in [0, 0.1) is 0 Å². The quantitative estimate of drug-likeness (QED) is 0.746. The van der Waals surface area contributed by atoms with E-state index in [0.29, 0.717) is 0 Å². The van der Waals surface area contributed by atoms with Crippen LogP contribution in [-0.2, 0) is 0 Å². The summed E-state index contributed by atoms with van der Waals surface area (Å²) in [5, 5.41) is 0. The Kier molecular flexibility index (Phi) is 3.02. The van der Waals surface area contributed by atoms with Crippen LogP contribution in [0.25, 0.3) is 0 Å². The molecule has 2 rings (SSSR count). The van der Waals surface area contributed by atoms with Crippen LogP contribution in [0.4, 0.5) is 5.82 Å². The number of aromatic nitrogens is 1. The Morgan fingerprint density at radius 3 is 3.00 bits per heavy atom. The van der Waals surface area contributed by atoms with Gasteiger partial charge in [-0.15, -0.1) is 0 Å². The molecule has 1 aliphatic rings. The van der Waals surface area contributed by atoms with E-state index in [9.17, 15) is 0 Å². The highest BCUT2D eigenvalue weighted by Gasteiger charge is 2.09. The lowest BCUT2D eigenvalue weighted by Crippen LogP contribution is -2.27. The minimum absolute atomic E-state index is 0.0760. The van der Waals surface area contributed by atoms with Crippen LogP contribution in [0.15, 0.2) is 30.5 Å². The lowest BCUT2D eigenvalue weighted by atomic mass is 10.1. The molecule has 3 nitrogen and oxygen atoms in total. The van der Waals surface area contributed by atoms with E-state index in [-0.39, 0.29) is 6.04 Å². The van der Waals surface area contributed by atoms with E-state index < -0.39 is 0 Å². The van der Waals surface area contributed by atoms with Crippen molar-refractivity contribution in [3.63, 3.8) is 0 Å². The molecule has 1 aromatic heterocycles. The number of nitrogens with two attached hydrogens (primary N) is 1. The van der Waals surface area contributed by atoms with Crippen molar-refractivity contribution in [2.24, 2.45) is 5.73 Å². The summed E-state index contributed by atoms with van der Waals surface area (Å²) in [6, 6.07) is 4.14. The van der Waals surface area contributed by atoms with Gasteiger partial charge in [0.25, 0.3) is 0 Å². The Morgan fingerprint density at radius 2 is 2.33 bits per heavy atom. The summed E-state index contributed by atoms with van der Waals surface area (Å²) in [4.78, 5) is 6.65. The molecule has 0 amide bonds. The normalized spacial score (nSPS) is 17.9. The van der Waals surface area contributed by atoms with Crippen molar-refractivity contribution in [1.29, 1.82) is 0 Å². The van der Waals surface area contributed by atoms with Crippen LogP contribution in [-0.4, -0.2) is 18.1 Å². The highest BCUT2D eigenvalue weighted by Crippen LogP contribution is 2.18. The Morgan fingerprint density at radius 1 is 1.47 bits per heavy atom. The average molecular weight is 203 g/mol. The molecule has 0 aliphatic carbocycles. The molecular formula is C12H17N3. The molecule has 1 aliphatic heterocycles. The Balaban J connectivity index is 2.20. The average Bonchev–Trinajstić information content (AvgIpc) is 2.30. The van der Waals surface area contributed by atoms with Crippen LogP contribution >= 0.6 is 0 Å². The maximum absolute atomic E-state index is 5.85. The fraction of sp³-hybridized carbons (Fsp3) is 0.417. The van der Waals surface area contributed by atoms with Crippen LogP contribution in [0.2, 0.25) is 0 Å². The number of hydrogen-bond acceptors (Lipinski definition) is 3. The van der Waals surface area contributed by atoms with Crippen molar-refractivity contribution in [3.8, 4) is 0 Å². The molecule has 80 valence electrons. The highest BCUT2D eigenvalue weighted by atomic mass is 15.2. The van der Waals surface area contributed by atoms with Gasteiger partial charge in [0.2, 0.25) is 0 Å². The highest BCUT2D eigenvalue weighted by molar-refractivity contribution is 5.43. The van der Waals surface area contributed by atoms with E-state index in [4.69, 9.17) is 5.73 Å². The Hall–Kier alpha value is -1.35. The van der Waals surface area contributed by atoms with Gasteiger partial charge in [-0.3, -0.25) is 0 Å². The fourth-order valence-electron chi connectivity index (χ4n) is 1.74. The fourth-order valence-corrected chi connectivity index (χ4v) is 1.74. The second kappa shape index (κ2) is 4.45. The predicted molar refractivity (Wildman–Crippen MR) is 62.8 cm³/mol. The first kappa shape index (κ1) is 10.2. The van der Waals surface area contributed by atoms with Crippen LogP contribution < -0.4 is 10.6 Å². The number of pyridine rings is 1. The first-order valence-corrected chi connectivity index (χ1v) is 5.39. The zero-order valence-electron chi connectivity index (χ0n) is 9.06. The van der Waals surface area contributed by atoms with E-state index >= 15 is 0 Å². The summed E-state index contributed by atoms with van der Waals surface area (Å²) < 4.78 is 0. The lowest BCUT2D eigenvalue weighted by Gasteiger charge is -2.25. The van der Waals surface area contributed by atoms with Crippen molar-refractivity contribution in [2.45, 2.75) is 19.4 Å². The molecule has 0 aromatic carbocycles. The molecule has 1 unspecified atom stereocenters.